The van der Waals surface area contributed by atoms with Gasteiger partial charge in [0.1, 0.15) is 0 Å². The SMILES string of the molecule is CCN1CCC(C(C)NC(C)C(=O)N2CCCCC2)CC1. The number of carbonyl (C=O) groups is 1. The molecule has 0 spiro atoms. The molecule has 0 aromatic heterocycles. The second kappa shape index (κ2) is 8.14. The molecule has 0 aliphatic carbocycles. The molecule has 1 amide bonds. The smallest absolute Gasteiger partial charge is 0.239 e. The molecule has 0 bridgehead atoms. The predicted octanol–water partition coefficient (Wildman–Crippen LogP) is 2.10. The van der Waals surface area contributed by atoms with Crippen LogP contribution < -0.4 is 5.32 Å². The van der Waals surface area contributed by atoms with Crippen LogP contribution in [0.3, 0.4) is 0 Å². The van der Waals surface area contributed by atoms with E-state index in [9.17, 15) is 4.79 Å². The number of amides is 1. The van der Waals surface area contributed by atoms with Gasteiger partial charge >= 0.3 is 0 Å². The van der Waals surface area contributed by atoms with Gasteiger partial charge in [0.05, 0.1) is 6.04 Å². The summed E-state index contributed by atoms with van der Waals surface area (Å²) >= 11 is 0. The number of rotatable bonds is 5. The van der Waals surface area contributed by atoms with Crippen LogP contribution in [0.2, 0.25) is 0 Å². The molecule has 2 fully saturated rings. The molecule has 2 aliphatic rings. The fourth-order valence-corrected chi connectivity index (χ4v) is 3.76. The standard InChI is InChI=1S/C17H33N3O/c1-4-19-12-8-16(9-13-19)14(2)18-15(3)17(21)20-10-6-5-7-11-20/h14-16,18H,4-13H2,1-3H3. The van der Waals surface area contributed by atoms with E-state index in [-0.39, 0.29) is 6.04 Å². The zero-order valence-corrected chi connectivity index (χ0v) is 14.1. The number of piperidine rings is 2. The van der Waals surface area contributed by atoms with Crippen LogP contribution in [0.15, 0.2) is 0 Å². The first-order valence-electron chi connectivity index (χ1n) is 8.89. The highest BCUT2D eigenvalue weighted by Crippen LogP contribution is 2.21. The van der Waals surface area contributed by atoms with Crippen molar-refractivity contribution in [1.29, 1.82) is 0 Å². The molecule has 1 N–H and O–H groups in total. The molecule has 0 aromatic carbocycles. The zero-order chi connectivity index (χ0) is 15.2. The summed E-state index contributed by atoms with van der Waals surface area (Å²) in [5, 5.41) is 3.57. The fourth-order valence-electron chi connectivity index (χ4n) is 3.76. The molecule has 0 radical (unpaired) electrons. The summed E-state index contributed by atoms with van der Waals surface area (Å²) in [6.45, 7) is 12.0. The van der Waals surface area contributed by atoms with Crippen molar-refractivity contribution in [3.05, 3.63) is 0 Å². The number of carbonyl (C=O) groups excluding carboxylic acids is 1. The molecule has 21 heavy (non-hydrogen) atoms. The zero-order valence-electron chi connectivity index (χ0n) is 14.1. The Morgan fingerprint density at radius 2 is 1.71 bits per heavy atom. The van der Waals surface area contributed by atoms with E-state index in [1.165, 1.54) is 51.7 Å². The minimum atomic E-state index is -0.0395. The summed E-state index contributed by atoms with van der Waals surface area (Å²) in [7, 11) is 0. The van der Waals surface area contributed by atoms with E-state index < -0.39 is 0 Å². The van der Waals surface area contributed by atoms with Gasteiger partial charge < -0.3 is 15.1 Å². The van der Waals surface area contributed by atoms with Gasteiger partial charge in [-0.1, -0.05) is 6.92 Å². The first-order chi connectivity index (χ1) is 10.1. The second-order valence-electron chi connectivity index (χ2n) is 6.83. The summed E-state index contributed by atoms with van der Waals surface area (Å²) < 4.78 is 0. The van der Waals surface area contributed by atoms with Crippen molar-refractivity contribution >= 4 is 5.91 Å². The number of nitrogens with zero attached hydrogens (tertiary/aromatic N) is 2. The summed E-state index contributed by atoms with van der Waals surface area (Å²) in [6, 6.07) is 0.398. The fraction of sp³-hybridized carbons (Fsp3) is 0.941. The third kappa shape index (κ3) is 4.68. The molecular weight excluding hydrogens is 262 g/mol. The molecule has 122 valence electrons. The molecule has 0 aromatic rings. The average molecular weight is 295 g/mol. The molecule has 2 heterocycles. The van der Waals surface area contributed by atoms with Crippen molar-refractivity contribution in [3.8, 4) is 0 Å². The van der Waals surface area contributed by atoms with Crippen LogP contribution in [0.1, 0.15) is 52.9 Å². The van der Waals surface area contributed by atoms with Crippen molar-refractivity contribution in [1.82, 2.24) is 15.1 Å². The predicted molar refractivity (Wildman–Crippen MR) is 87.3 cm³/mol. The lowest BCUT2D eigenvalue weighted by molar-refractivity contribution is -0.134. The maximum Gasteiger partial charge on any atom is 0.239 e. The van der Waals surface area contributed by atoms with Gasteiger partial charge in [-0.15, -0.1) is 0 Å². The van der Waals surface area contributed by atoms with Crippen molar-refractivity contribution in [2.45, 2.75) is 65.0 Å². The minimum Gasteiger partial charge on any atom is -0.341 e. The highest BCUT2D eigenvalue weighted by Gasteiger charge is 2.27. The minimum absolute atomic E-state index is 0.0395. The maximum absolute atomic E-state index is 12.5. The summed E-state index contributed by atoms with van der Waals surface area (Å²) in [4.78, 5) is 17.0. The highest BCUT2D eigenvalue weighted by molar-refractivity contribution is 5.81. The summed E-state index contributed by atoms with van der Waals surface area (Å²) in [6.07, 6.45) is 6.13. The number of hydrogen-bond acceptors (Lipinski definition) is 3. The Morgan fingerprint density at radius 1 is 1.10 bits per heavy atom. The Kier molecular flexibility index (Phi) is 6.49. The number of nitrogens with one attached hydrogen (secondary N) is 1. The molecule has 2 atom stereocenters. The van der Waals surface area contributed by atoms with E-state index in [0.29, 0.717) is 17.9 Å². The third-order valence-electron chi connectivity index (χ3n) is 5.34. The Labute approximate surface area is 130 Å². The Hall–Kier alpha value is -0.610. The number of likely N-dealkylation sites (tertiary alicyclic amines) is 2. The van der Waals surface area contributed by atoms with Crippen molar-refractivity contribution in [2.75, 3.05) is 32.7 Å². The molecule has 4 heteroatoms. The van der Waals surface area contributed by atoms with Crippen molar-refractivity contribution < 1.29 is 4.79 Å². The van der Waals surface area contributed by atoms with Crippen LogP contribution in [-0.4, -0.2) is 60.5 Å². The first-order valence-corrected chi connectivity index (χ1v) is 8.89. The van der Waals surface area contributed by atoms with Gasteiger partial charge in [-0.2, -0.15) is 0 Å². The maximum atomic E-state index is 12.5. The largest absolute Gasteiger partial charge is 0.341 e. The van der Waals surface area contributed by atoms with Gasteiger partial charge in [0.2, 0.25) is 5.91 Å². The van der Waals surface area contributed by atoms with Crippen LogP contribution in [0.4, 0.5) is 0 Å². The Morgan fingerprint density at radius 3 is 2.29 bits per heavy atom. The second-order valence-corrected chi connectivity index (χ2v) is 6.83. The van der Waals surface area contributed by atoms with Crippen LogP contribution in [0.25, 0.3) is 0 Å². The Balaban J connectivity index is 1.76. The van der Waals surface area contributed by atoms with E-state index in [1.54, 1.807) is 0 Å². The quantitative estimate of drug-likeness (QED) is 0.844. The van der Waals surface area contributed by atoms with E-state index in [0.717, 1.165) is 13.1 Å². The first kappa shape index (κ1) is 16.8. The van der Waals surface area contributed by atoms with Crippen LogP contribution in [-0.2, 0) is 4.79 Å². The van der Waals surface area contributed by atoms with E-state index in [2.05, 4.69) is 24.1 Å². The number of hydrogen-bond donors (Lipinski definition) is 1. The van der Waals surface area contributed by atoms with Crippen molar-refractivity contribution in [3.63, 3.8) is 0 Å². The normalized spacial score (nSPS) is 24.8. The van der Waals surface area contributed by atoms with E-state index >= 15 is 0 Å². The lowest BCUT2D eigenvalue weighted by Crippen LogP contribution is -2.51. The molecule has 2 rings (SSSR count). The van der Waals surface area contributed by atoms with Gasteiger partial charge in [0, 0.05) is 19.1 Å². The Bertz CT molecular complexity index is 320. The topological polar surface area (TPSA) is 35.6 Å². The summed E-state index contributed by atoms with van der Waals surface area (Å²) in [5.74, 6) is 1.01. The van der Waals surface area contributed by atoms with Gasteiger partial charge in [-0.3, -0.25) is 4.79 Å². The monoisotopic (exact) mass is 295 g/mol. The average Bonchev–Trinajstić information content (AvgIpc) is 2.55. The molecule has 2 unspecified atom stereocenters. The molecule has 4 nitrogen and oxygen atoms in total. The highest BCUT2D eigenvalue weighted by atomic mass is 16.2. The van der Waals surface area contributed by atoms with Crippen LogP contribution >= 0.6 is 0 Å². The third-order valence-corrected chi connectivity index (χ3v) is 5.34. The molecule has 0 saturated carbocycles. The van der Waals surface area contributed by atoms with Crippen LogP contribution in [0, 0.1) is 5.92 Å². The molecule has 2 saturated heterocycles. The van der Waals surface area contributed by atoms with Gasteiger partial charge in [-0.05, 0) is 71.5 Å². The van der Waals surface area contributed by atoms with E-state index in [4.69, 9.17) is 0 Å². The lowest BCUT2D eigenvalue weighted by Gasteiger charge is -2.36. The van der Waals surface area contributed by atoms with Gasteiger partial charge in [0.15, 0.2) is 0 Å². The molecule has 2 aliphatic heterocycles. The van der Waals surface area contributed by atoms with Gasteiger partial charge in [0.25, 0.3) is 0 Å². The van der Waals surface area contributed by atoms with Gasteiger partial charge in [-0.25, -0.2) is 0 Å². The van der Waals surface area contributed by atoms with Crippen LogP contribution in [0.5, 0.6) is 0 Å². The lowest BCUT2D eigenvalue weighted by atomic mass is 9.90. The van der Waals surface area contributed by atoms with E-state index in [1.807, 2.05) is 11.8 Å². The molecular formula is C17H33N3O. The van der Waals surface area contributed by atoms with Crippen molar-refractivity contribution in [2.24, 2.45) is 5.92 Å². The summed E-state index contributed by atoms with van der Waals surface area (Å²) in [5.41, 5.74) is 0.